The number of Topliss-reactive ketones (excluding diaryl/α,β-unsaturated/α-hetero) is 1. The predicted octanol–water partition coefficient (Wildman–Crippen LogP) is 4.08. The number of carbonyl (C=O) groups excluding carboxylic acids is 2. The summed E-state index contributed by atoms with van der Waals surface area (Å²) >= 11 is 0. The van der Waals surface area contributed by atoms with Crippen LogP contribution in [0.5, 0.6) is 11.5 Å². The first-order valence-electron chi connectivity index (χ1n) is 7.79. The Kier molecular flexibility index (Phi) is 5.35. The van der Waals surface area contributed by atoms with Crippen LogP contribution in [0.25, 0.3) is 11.0 Å². The van der Waals surface area contributed by atoms with Gasteiger partial charge in [-0.05, 0) is 30.3 Å². The Hall–Kier alpha value is -3.42. The second-order valence-electron chi connectivity index (χ2n) is 5.39. The molecular weight excluding hydrogens is 362 g/mol. The van der Waals surface area contributed by atoms with Crippen LogP contribution in [0, 0.1) is 0 Å². The maximum absolute atomic E-state index is 12.3. The Morgan fingerprint density at radius 3 is 2.56 bits per heavy atom. The molecule has 0 aliphatic heterocycles. The summed E-state index contributed by atoms with van der Waals surface area (Å²) in [5, 5.41) is 0.756. The fourth-order valence-electron chi connectivity index (χ4n) is 2.39. The number of benzene rings is 2. The van der Waals surface area contributed by atoms with E-state index in [1.54, 1.807) is 30.3 Å². The van der Waals surface area contributed by atoms with E-state index in [1.807, 2.05) is 0 Å². The van der Waals surface area contributed by atoms with Crippen molar-refractivity contribution in [3.8, 4) is 11.5 Å². The molecule has 2 aromatic carbocycles. The average Bonchev–Trinajstić information content (AvgIpc) is 3.10. The number of hydrogen-bond donors (Lipinski definition) is 0. The van der Waals surface area contributed by atoms with E-state index in [-0.39, 0.29) is 22.8 Å². The molecular formula is C19H14F2O6. The van der Waals surface area contributed by atoms with Crippen LogP contribution >= 0.6 is 0 Å². The van der Waals surface area contributed by atoms with Gasteiger partial charge in [0, 0.05) is 5.39 Å². The summed E-state index contributed by atoms with van der Waals surface area (Å²) in [4.78, 5) is 24.3. The average molecular weight is 376 g/mol. The van der Waals surface area contributed by atoms with Crippen molar-refractivity contribution >= 4 is 22.7 Å². The molecule has 6 nitrogen and oxygen atoms in total. The molecule has 1 heterocycles. The Balaban J connectivity index is 1.67. The molecule has 0 aliphatic rings. The molecule has 140 valence electrons. The molecule has 0 saturated heterocycles. The second kappa shape index (κ2) is 7.86. The molecule has 0 aliphatic carbocycles. The van der Waals surface area contributed by atoms with Gasteiger partial charge in [0.2, 0.25) is 5.78 Å². The quantitative estimate of drug-likeness (QED) is 0.457. The lowest BCUT2D eigenvalue weighted by Crippen LogP contribution is -2.14. The van der Waals surface area contributed by atoms with Crippen molar-refractivity contribution in [1.82, 2.24) is 0 Å². The Bertz CT molecular complexity index is 946. The number of hydrogen-bond acceptors (Lipinski definition) is 6. The Morgan fingerprint density at radius 2 is 1.85 bits per heavy atom. The molecule has 8 heteroatoms. The lowest BCUT2D eigenvalue weighted by Gasteiger charge is -2.11. The number of rotatable bonds is 7. The number of ether oxygens (including phenoxy) is 3. The van der Waals surface area contributed by atoms with Gasteiger partial charge in [0.25, 0.3) is 0 Å². The number of halogens is 2. The minimum atomic E-state index is -3.03. The molecule has 0 N–H and O–H groups in total. The molecule has 3 aromatic rings. The third-order valence-corrected chi connectivity index (χ3v) is 3.65. The SMILES string of the molecule is COc1cc(C(=O)OCC(=O)c2cc3ccccc3o2)ccc1OC(F)F. The topological polar surface area (TPSA) is 75.0 Å². The van der Waals surface area contributed by atoms with Crippen molar-refractivity contribution in [2.24, 2.45) is 0 Å². The number of fused-ring (bicyclic) bond motifs is 1. The number of alkyl halides is 2. The highest BCUT2D eigenvalue weighted by Gasteiger charge is 2.18. The van der Waals surface area contributed by atoms with Crippen LogP contribution in [-0.4, -0.2) is 32.1 Å². The Labute approximate surface area is 152 Å². The summed E-state index contributed by atoms with van der Waals surface area (Å²) in [6, 6.07) is 12.2. The molecule has 0 saturated carbocycles. The summed E-state index contributed by atoms with van der Waals surface area (Å²) in [5.74, 6) is -1.54. The number of esters is 1. The molecule has 0 spiro atoms. The van der Waals surface area contributed by atoms with Crippen LogP contribution in [0.2, 0.25) is 0 Å². The molecule has 0 unspecified atom stereocenters. The monoisotopic (exact) mass is 376 g/mol. The van der Waals surface area contributed by atoms with Gasteiger partial charge in [-0.3, -0.25) is 4.79 Å². The smallest absolute Gasteiger partial charge is 0.387 e. The molecule has 0 atom stereocenters. The summed E-state index contributed by atoms with van der Waals surface area (Å²) in [6.45, 7) is -3.56. The van der Waals surface area contributed by atoms with E-state index < -0.39 is 25.0 Å². The first kappa shape index (κ1) is 18.4. The van der Waals surface area contributed by atoms with Crippen LogP contribution in [0.15, 0.2) is 52.9 Å². The van der Waals surface area contributed by atoms with Crippen LogP contribution in [0.4, 0.5) is 8.78 Å². The summed E-state index contributed by atoms with van der Waals surface area (Å²) in [7, 11) is 1.24. The largest absolute Gasteiger partial charge is 0.493 e. The van der Waals surface area contributed by atoms with Gasteiger partial charge >= 0.3 is 12.6 Å². The number of para-hydroxylation sites is 1. The van der Waals surface area contributed by atoms with Crippen molar-refractivity contribution in [3.63, 3.8) is 0 Å². The zero-order valence-corrected chi connectivity index (χ0v) is 14.1. The molecule has 3 rings (SSSR count). The Morgan fingerprint density at radius 1 is 1.07 bits per heavy atom. The molecule has 0 radical (unpaired) electrons. The van der Waals surface area contributed by atoms with E-state index in [1.165, 1.54) is 19.2 Å². The van der Waals surface area contributed by atoms with Gasteiger partial charge in [-0.2, -0.15) is 8.78 Å². The van der Waals surface area contributed by atoms with E-state index in [0.717, 1.165) is 11.5 Å². The van der Waals surface area contributed by atoms with Gasteiger partial charge < -0.3 is 18.6 Å². The highest BCUT2D eigenvalue weighted by molar-refractivity contribution is 6.00. The van der Waals surface area contributed by atoms with Crippen molar-refractivity contribution in [2.45, 2.75) is 6.61 Å². The third kappa shape index (κ3) is 4.22. The predicted molar refractivity (Wildman–Crippen MR) is 90.5 cm³/mol. The van der Waals surface area contributed by atoms with E-state index in [0.29, 0.717) is 5.58 Å². The summed E-state index contributed by atoms with van der Waals surface area (Å²) < 4.78 is 44.2. The van der Waals surface area contributed by atoms with E-state index in [4.69, 9.17) is 13.9 Å². The van der Waals surface area contributed by atoms with Crippen molar-refractivity contribution in [1.29, 1.82) is 0 Å². The maximum Gasteiger partial charge on any atom is 0.387 e. The summed E-state index contributed by atoms with van der Waals surface area (Å²) in [5.41, 5.74) is 0.567. The number of methoxy groups -OCH3 is 1. The van der Waals surface area contributed by atoms with Gasteiger partial charge in [-0.25, -0.2) is 4.79 Å². The van der Waals surface area contributed by atoms with Gasteiger partial charge in [0.1, 0.15) is 5.58 Å². The fraction of sp³-hybridized carbons (Fsp3) is 0.158. The highest BCUT2D eigenvalue weighted by atomic mass is 19.3. The standard InChI is InChI=1S/C19H14F2O6/c1-24-17-9-12(6-7-15(17)27-19(20)21)18(23)25-10-13(22)16-8-11-4-2-3-5-14(11)26-16/h2-9,19H,10H2,1H3. The minimum Gasteiger partial charge on any atom is -0.493 e. The second-order valence-corrected chi connectivity index (χ2v) is 5.39. The normalized spacial score (nSPS) is 10.8. The van der Waals surface area contributed by atoms with Gasteiger partial charge in [-0.15, -0.1) is 0 Å². The maximum atomic E-state index is 12.3. The first-order valence-corrected chi connectivity index (χ1v) is 7.79. The first-order chi connectivity index (χ1) is 13.0. The van der Waals surface area contributed by atoms with Crippen molar-refractivity contribution in [2.75, 3.05) is 13.7 Å². The molecule has 1 aromatic heterocycles. The van der Waals surface area contributed by atoms with Crippen LogP contribution < -0.4 is 9.47 Å². The van der Waals surface area contributed by atoms with Crippen LogP contribution in [-0.2, 0) is 4.74 Å². The molecule has 0 amide bonds. The van der Waals surface area contributed by atoms with E-state index in [9.17, 15) is 18.4 Å². The van der Waals surface area contributed by atoms with Gasteiger partial charge in [0.05, 0.1) is 12.7 Å². The zero-order valence-electron chi connectivity index (χ0n) is 14.1. The molecule has 0 bridgehead atoms. The summed E-state index contributed by atoms with van der Waals surface area (Å²) in [6.07, 6.45) is 0. The fourth-order valence-corrected chi connectivity index (χ4v) is 2.39. The highest BCUT2D eigenvalue weighted by Crippen LogP contribution is 2.29. The molecule has 0 fully saturated rings. The van der Waals surface area contributed by atoms with E-state index in [2.05, 4.69) is 4.74 Å². The van der Waals surface area contributed by atoms with Gasteiger partial charge in [0.15, 0.2) is 23.9 Å². The van der Waals surface area contributed by atoms with Gasteiger partial charge in [-0.1, -0.05) is 18.2 Å². The molecule has 27 heavy (non-hydrogen) atoms. The lowest BCUT2D eigenvalue weighted by molar-refractivity contribution is -0.0512. The number of carbonyl (C=O) groups is 2. The van der Waals surface area contributed by atoms with Crippen LogP contribution in [0.3, 0.4) is 0 Å². The van der Waals surface area contributed by atoms with Crippen LogP contribution in [0.1, 0.15) is 20.9 Å². The number of ketones is 1. The lowest BCUT2D eigenvalue weighted by atomic mass is 10.2. The van der Waals surface area contributed by atoms with E-state index >= 15 is 0 Å². The minimum absolute atomic E-state index is 0.0193. The van der Waals surface area contributed by atoms with Crippen molar-refractivity contribution in [3.05, 3.63) is 59.9 Å². The third-order valence-electron chi connectivity index (χ3n) is 3.65. The van der Waals surface area contributed by atoms with Crippen molar-refractivity contribution < 1.29 is 37.0 Å². The number of furan rings is 1. The zero-order chi connectivity index (χ0) is 19.4.